The number of rotatable bonds is 5. The Balaban J connectivity index is 2.36. The Morgan fingerprint density at radius 1 is 1.05 bits per heavy atom. The summed E-state index contributed by atoms with van der Waals surface area (Å²) in [5.74, 6) is -3.21. The summed E-state index contributed by atoms with van der Waals surface area (Å²) in [6.45, 7) is 1.34. The summed E-state index contributed by atoms with van der Waals surface area (Å²) < 4.78 is 56.0. The van der Waals surface area contributed by atoms with Crippen LogP contribution in [0, 0.1) is 10.8 Å². The first-order valence-corrected chi connectivity index (χ1v) is 16.0. The number of benzene rings is 2. The van der Waals surface area contributed by atoms with Gasteiger partial charge in [0.1, 0.15) is 15.2 Å². The van der Waals surface area contributed by atoms with Gasteiger partial charge in [-0.1, -0.05) is 18.2 Å². The lowest BCUT2D eigenvalue weighted by Crippen LogP contribution is -2.22. The summed E-state index contributed by atoms with van der Waals surface area (Å²) in [5, 5.41) is 27.3. The minimum absolute atomic E-state index is 0.0139. The van der Waals surface area contributed by atoms with Crippen LogP contribution in [0.3, 0.4) is 0 Å². The second kappa shape index (κ2) is 9.08. The number of carbonyl (C=O) groups is 2. The van der Waals surface area contributed by atoms with Crippen molar-refractivity contribution in [3.8, 4) is 11.3 Å². The van der Waals surface area contributed by atoms with Gasteiger partial charge in [-0.15, -0.1) is 0 Å². The van der Waals surface area contributed by atoms with Gasteiger partial charge >= 0.3 is 11.9 Å². The van der Waals surface area contributed by atoms with Gasteiger partial charge in [-0.25, -0.2) is 21.6 Å². The van der Waals surface area contributed by atoms with Crippen LogP contribution < -0.4 is 11.1 Å². The molecule has 3 aliphatic rings. The third kappa shape index (κ3) is 4.53. The number of nitrogens with one attached hydrogen (secondary N) is 1. The lowest BCUT2D eigenvalue weighted by Gasteiger charge is -2.20. The molecule has 4 rings (SSSR count). The van der Waals surface area contributed by atoms with Crippen LogP contribution in [0.15, 0.2) is 68.4 Å². The standard InChI is InChI=1S/C23H16BrClN2O9S2/c1-23(22(30)31)8-6-10(11(7-9-23)21(28)29)16-12-2-4-14(26)19(37(24,32)33)17(12)36-18-13(16)3-5-15(27)20(18)38(25,34)35/h2-9,26H,27H2,1H3,(H,28,29)(H,30,31). The summed E-state index contributed by atoms with van der Waals surface area (Å²) in [6, 6.07) is 4.96. The molecule has 1 atom stereocenters. The lowest BCUT2D eigenvalue weighted by atomic mass is 9.88. The van der Waals surface area contributed by atoms with Gasteiger partial charge in [0.2, 0.25) is 8.27 Å². The van der Waals surface area contributed by atoms with Crippen LogP contribution in [0.25, 0.3) is 27.9 Å². The molecule has 0 saturated heterocycles. The smallest absolute Gasteiger partial charge is 0.336 e. The molecule has 1 unspecified atom stereocenters. The Morgan fingerprint density at radius 2 is 1.68 bits per heavy atom. The predicted octanol–water partition coefficient (Wildman–Crippen LogP) is 3.67. The molecule has 5 N–H and O–H groups in total. The summed E-state index contributed by atoms with van der Waals surface area (Å²) in [7, 11) is -3.28. The van der Waals surface area contributed by atoms with Gasteiger partial charge in [0.25, 0.3) is 9.05 Å². The highest BCUT2D eigenvalue weighted by Crippen LogP contribution is 2.46. The van der Waals surface area contributed by atoms with E-state index in [9.17, 15) is 36.6 Å². The third-order valence-electron chi connectivity index (χ3n) is 5.93. The number of nitrogens with two attached hydrogens (primary N) is 1. The number of aliphatic carboxylic acids is 2. The molecule has 1 aromatic rings. The number of carboxylic acids is 2. The second-order valence-electron chi connectivity index (χ2n) is 8.42. The van der Waals surface area contributed by atoms with Crippen LogP contribution in [0.1, 0.15) is 12.5 Å². The molecule has 15 heteroatoms. The van der Waals surface area contributed by atoms with Crippen LogP contribution in [-0.2, 0) is 26.9 Å². The summed E-state index contributed by atoms with van der Waals surface area (Å²) in [4.78, 5) is 22.8. The maximum atomic E-state index is 12.6. The molecule has 0 bridgehead atoms. The zero-order valence-corrected chi connectivity index (χ0v) is 23.0. The predicted molar refractivity (Wildman–Crippen MR) is 141 cm³/mol. The monoisotopic (exact) mass is 642 g/mol. The number of hydrogen-bond acceptors (Lipinski definition) is 9. The topological polar surface area (TPSA) is 206 Å². The van der Waals surface area contributed by atoms with E-state index in [1.165, 1.54) is 43.4 Å². The molecule has 2 aliphatic carbocycles. The molecule has 0 saturated carbocycles. The van der Waals surface area contributed by atoms with E-state index >= 15 is 0 Å². The van der Waals surface area contributed by atoms with E-state index in [1.54, 1.807) is 0 Å². The fourth-order valence-electron chi connectivity index (χ4n) is 4.06. The minimum atomic E-state index is -4.60. The van der Waals surface area contributed by atoms with Crippen LogP contribution >= 0.6 is 25.5 Å². The Hall–Kier alpha value is -3.46. The number of nitrogen functional groups attached to an aromatic ring is 1. The molecule has 0 radical (unpaired) electrons. The van der Waals surface area contributed by atoms with E-state index in [1.807, 2.05) is 0 Å². The van der Waals surface area contributed by atoms with Gasteiger partial charge in [-0.2, -0.15) is 0 Å². The van der Waals surface area contributed by atoms with Crippen molar-refractivity contribution in [2.24, 2.45) is 5.41 Å². The molecule has 198 valence electrons. The Labute approximate surface area is 226 Å². The first-order valence-electron chi connectivity index (χ1n) is 10.3. The van der Waals surface area contributed by atoms with Crippen LogP contribution in [0.5, 0.6) is 0 Å². The molecule has 1 aromatic carbocycles. The quantitative estimate of drug-likeness (QED) is 0.180. The molecular weight excluding hydrogens is 628 g/mol. The summed E-state index contributed by atoms with van der Waals surface area (Å²) in [6.07, 6.45) is 4.72. The Morgan fingerprint density at radius 3 is 2.24 bits per heavy atom. The first-order chi connectivity index (χ1) is 17.5. The van der Waals surface area contributed by atoms with Crippen molar-refractivity contribution in [1.82, 2.24) is 0 Å². The van der Waals surface area contributed by atoms with Gasteiger partial charge in [-0.05, 0) is 42.8 Å². The maximum absolute atomic E-state index is 12.6. The number of anilines is 1. The Kier molecular flexibility index (Phi) is 6.59. The van der Waals surface area contributed by atoms with Crippen molar-refractivity contribution in [1.29, 1.82) is 5.41 Å². The number of fused-ring (bicyclic) bond motifs is 2. The average Bonchev–Trinajstić information content (AvgIpc) is 2.95. The average molecular weight is 644 g/mol. The third-order valence-corrected chi connectivity index (χ3v) is 9.16. The van der Waals surface area contributed by atoms with Gasteiger partial charge in [0.15, 0.2) is 11.3 Å². The van der Waals surface area contributed by atoms with Crippen LogP contribution in [0.4, 0.5) is 5.69 Å². The van der Waals surface area contributed by atoms with E-state index < -0.39 is 61.2 Å². The fraction of sp³-hybridized carbons (Fsp3) is 0.0870. The first kappa shape index (κ1) is 27.6. The number of halogens is 2. The highest BCUT2D eigenvalue weighted by Gasteiger charge is 2.34. The molecule has 0 fully saturated rings. The van der Waals surface area contributed by atoms with Crippen LogP contribution in [-0.4, -0.2) is 39.0 Å². The van der Waals surface area contributed by atoms with Crippen molar-refractivity contribution < 1.29 is 41.1 Å². The highest BCUT2D eigenvalue weighted by molar-refractivity contribution is 9.47. The Bertz CT molecular complexity index is 1930. The zero-order chi connectivity index (χ0) is 28.4. The molecule has 1 aliphatic heterocycles. The van der Waals surface area contributed by atoms with Gasteiger partial charge in [-0.3, -0.25) is 10.2 Å². The zero-order valence-electron chi connectivity index (χ0n) is 19.0. The van der Waals surface area contributed by atoms with Crippen LogP contribution in [0.2, 0.25) is 0 Å². The summed E-state index contributed by atoms with van der Waals surface area (Å²) >= 11 is 2.52. The van der Waals surface area contributed by atoms with E-state index in [-0.39, 0.29) is 33.3 Å². The molecule has 0 amide bonds. The molecular formula is C23H16BrClN2O9S2. The van der Waals surface area contributed by atoms with Crippen molar-refractivity contribution in [2.75, 3.05) is 5.73 Å². The van der Waals surface area contributed by atoms with E-state index in [0.29, 0.717) is 0 Å². The normalized spacial score (nSPS) is 18.2. The minimum Gasteiger partial charge on any atom is -0.480 e. The van der Waals surface area contributed by atoms with E-state index in [2.05, 4.69) is 14.8 Å². The maximum Gasteiger partial charge on any atom is 0.336 e. The van der Waals surface area contributed by atoms with Crippen molar-refractivity contribution >= 4 is 77.0 Å². The van der Waals surface area contributed by atoms with Gasteiger partial charge < -0.3 is 20.4 Å². The summed E-state index contributed by atoms with van der Waals surface area (Å²) in [5.41, 5.74) is 2.93. The van der Waals surface area contributed by atoms with Gasteiger partial charge in [0.05, 0.1) is 31.4 Å². The van der Waals surface area contributed by atoms with Crippen molar-refractivity contribution in [3.05, 3.63) is 65.1 Å². The highest BCUT2D eigenvalue weighted by atomic mass is 79.9. The number of allylic oxidation sites excluding steroid dienone is 2. The van der Waals surface area contributed by atoms with E-state index in [0.717, 1.165) is 12.1 Å². The molecule has 1 heterocycles. The number of hydrogen-bond donors (Lipinski definition) is 4. The second-order valence-corrected chi connectivity index (χ2v) is 14.8. The molecule has 0 spiro atoms. The molecule has 0 aromatic heterocycles. The van der Waals surface area contributed by atoms with Gasteiger partial charge in [0, 0.05) is 27.2 Å². The SMILES string of the molecule is CC1(C(=O)O)C=CC(C(=O)O)=C(c2c3ccc(=N)c(S(=O)(=O)Br)c-3oc3c(S(=O)(=O)Cl)c(N)ccc23)C=C1. The van der Waals surface area contributed by atoms with Crippen molar-refractivity contribution in [2.45, 2.75) is 16.7 Å². The fourth-order valence-corrected chi connectivity index (χ4v) is 6.93. The lowest BCUT2D eigenvalue weighted by molar-refractivity contribution is -0.143. The van der Waals surface area contributed by atoms with Crippen molar-refractivity contribution in [3.63, 3.8) is 0 Å². The molecule has 11 nitrogen and oxygen atoms in total. The number of carboxylic acid groups (broad SMARTS) is 2. The largest absolute Gasteiger partial charge is 0.480 e. The molecule has 38 heavy (non-hydrogen) atoms. The van der Waals surface area contributed by atoms with E-state index in [4.69, 9.17) is 26.2 Å².